The number of anilines is 1. The van der Waals surface area contributed by atoms with E-state index in [0.717, 1.165) is 58.5 Å². The summed E-state index contributed by atoms with van der Waals surface area (Å²) in [5, 5.41) is 8.25. The third-order valence-corrected chi connectivity index (χ3v) is 6.40. The number of nitrogens with one attached hydrogen (secondary N) is 1. The van der Waals surface area contributed by atoms with E-state index >= 15 is 0 Å². The minimum absolute atomic E-state index is 0.0795. The molecule has 1 saturated heterocycles. The second kappa shape index (κ2) is 7.50. The zero-order chi connectivity index (χ0) is 19.8. The highest BCUT2D eigenvalue weighted by Crippen LogP contribution is 2.28. The summed E-state index contributed by atoms with van der Waals surface area (Å²) in [7, 11) is 1.81. The van der Waals surface area contributed by atoms with Gasteiger partial charge < -0.3 is 10.2 Å². The normalized spacial score (nSPS) is 17.1. The summed E-state index contributed by atoms with van der Waals surface area (Å²) in [6.45, 7) is 5.72. The van der Waals surface area contributed by atoms with E-state index < -0.39 is 0 Å². The Morgan fingerprint density at radius 3 is 2.86 bits per heavy atom. The van der Waals surface area contributed by atoms with Gasteiger partial charge in [0.05, 0.1) is 17.5 Å². The summed E-state index contributed by atoms with van der Waals surface area (Å²) in [5.74, 6) is 0.825. The van der Waals surface area contributed by atoms with Crippen LogP contribution in [0.1, 0.15) is 34.5 Å². The summed E-state index contributed by atoms with van der Waals surface area (Å²) in [4.78, 5) is 24.1. The van der Waals surface area contributed by atoms with E-state index in [0.29, 0.717) is 5.56 Å². The molecule has 7 nitrogen and oxygen atoms in total. The van der Waals surface area contributed by atoms with Gasteiger partial charge in [-0.2, -0.15) is 5.10 Å². The molecular weight excluding hydrogens is 420 g/mol. The number of hydrogen-bond acceptors (Lipinski definition) is 5. The summed E-state index contributed by atoms with van der Waals surface area (Å²) in [6, 6.07) is 4.21. The number of piperidine rings is 1. The molecule has 1 amide bonds. The summed E-state index contributed by atoms with van der Waals surface area (Å²) in [6.07, 6.45) is 5.29. The number of halogens is 1. The van der Waals surface area contributed by atoms with Gasteiger partial charge in [0.2, 0.25) is 0 Å². The average Bonchev–Trinajstić information content (AvgIpc) is 3.12. The Morgan fingerprint density at radius 1 is 1.29 bits per heavy atom. The van der Waals surface area contributed by atoms with Crippen molar-refractivity contribution in [3.8, 4) is 0 Å². The van der Waals surface area contributed by atoms with Crippen LogP contribution in [0.5, 0.6) is 0 Å². The number of hydrogen-bond donors (Lipinski definition) is 1. The Morgan fingerprint density at radius 2 is 2.11 bits per heavy atom. The Hall–Kier alpha value is -2.48. The number of amides is 1. The number of rotatable bonds is 3. The smallest absolute Gasteiger partial charge is 0.254 e. The SMILES string of the molecule is Cc1nc2nc(N3CCCC(NC(=O)c4cnn(C)c4)C3)ccc2c(C)c1Br. The van der Waals surface area contributed by atoms with Crippen LogP contribution in [0.2, 0.25) is 0 Å². The number of carbonyl (C=O) groups is 1. The lowest BCUT2D eigenvalue weighted by Crippen LogP contribution is -2.48. The number of nitrogens with zero attached hydrogens (tertiary/aromatic N) is 5. The molecule has 0 bridgehead atoms. The van der Waals surface area contributed by atoms with Crippen molar-refractivity contribution in [3.63, 3.8) is 0 Å². The molecule has 1 unspecified atom stereocenters. The zero-order valence-corrected chi connectivity index (χ0v) is 17.8. The van der Waals surface area contributed by atoms with Crippen LogP contribution in [0.25, 0.3) is 11.0 Å². The van der Waals surface area contributed by atoms with Crippen LogP contribution in [-0.4, -0.2) is 44.8 Å². The first kappa shape index (κ1) is 18.9. The minimum atomic E-state index is -0.0795. The van der Waals surface area contributed by atoms with Crippen molar-refractivity contribution in [2.45, 2.75) is 32.7 Å². The van der Waals surface area contributed by atoms with Crippen molar-refractivity contribution in [1.29, 1.82) is 0 Å². The van der Waals surface area contributed by atoms with Crippen LogP contribution in [0.3, 0.4) is 0 Å². The molecule has 4 rings (SSSR count). The molecule has 1 aliphatic heterocycles. The van der Waals surface area contributed by atoms with Gasteiger partial charge in [-0.3, -0.25) is 9.48 Å². The Kier molecular flexibility index (Phi) is 5.05. The van der Waals surface area contributed by atoms with Gasteiger partial charge >= 0.3 is 0 Å². The van der Waals surface area contributed by atoms with E-state index in [1.165, 1.54) is 0 Å². The van der Waals surface area contributed by atoms with Crippen LogP contribution >= 0.6 is 15.9 Å². The largest absolute Gasteiger partial charge is 0.354 e. The van der Waals surface area contributed by atoms with Crippen molar-refractivity contribution < 1.29 is 4.79 Å². The fourth-order valence-electron chi connectivity index (χ4n) is 3.70. The van der Waals surface area contributed by atoms with Crippen LogP contribution in [-0.2, 0) is 7.05 Å². The molecule has 1 atom stereocenters. The minimum Gasteiger partial charge on any atom is -0.354 e. The molecule has 0 saturated carbocycles. The number of carbonyl (C=O) groups excluding carboxylic acids is 1. The first-order chi connectivity index (χ1) is 13.4. The first-order valence-electron chi connectivity index (χ1n) is 9.40. The Labute approximate surface area is 172 Å². The highest BCUT2D eigenvalue weighted by Gasteiger charge is 2.23. The van der Waals surface area contributed by atoms with Gasteiger partial charge in [-0.25, -0.2) is 9.97 Å². The topological polar surface area (TPSA) is 75.9 Å². The standard InChI is InChI=1S/C20H23BrN6O/c1-12-16-6-7-17(25-19(16)23-13(2)18(12)21)27-8-4-5-15(11-27)24-20(28)14-9-22-26(3)10-14/h6-7,9-10,15H,4-5,8,11H2,1-3H3,(H,24,28). The third kappa shape index (κ3) is 3.61. The molecule has 3 aromatic rings. The van der Waals surface area contributed by atoms with Gasteiger partial charge in [0.1, 0.15) is 5.82 Å². The van der Waals surface area contributed by atoms with Crippen molar-refractivity contribution in [1.82, 2.24) is 25.1 Å². The number of fused-ring (bicyclic) bond motifs is 1. The van der Waals surface area contributed by atoms with Gasteiger partial charge in [-0.05, 0) is 60.3 Å². The van der Waals surface area contributed by atoms with E-state index in [1.54, 1.807) is 24.1 Å². The van der Waals surface area contributed by atoms with Crippen LogP contribution in [0.4, 0.5) is 5.82 Å². The van der Waals surface area contributed by atoms with Crippen LogP contribution in [0, 0.1) is 13.8 Å². The van der Waals surface area contributed by atoms with E-state index in [-0.39, 0.29) is 11.9 Å². The lowest BCUT2D eigenvalue weighted by Gasteiger charge is -2.34. The predicted octanol–water partition coefficient (Wildman–Crippen LogP) is 3.14. The summed E-state index contributed by atoms with van der Waals surface area (Å²) in [5.41, 5.74) is 3.44. The molecule has 1 fully saturated rings. The van der Waals surface area contributed by atoms with Crippen molar-refractivity contribution in [2.24, 2.45) is 7.05 Å². The first-order valence-corrected chi connectivity index (χ1v) is 10.2. The van der Waals surface area contributed by atoms with Crippen LogP contribution < -0.4 is 10.2 Å². The third-order valence-electron chi connectivity index (χ3n) is 5.23. The zero-order valence-electron chi connectivity index (χ0n) is 16.2. The molecular formula is C20H23BrN6O. The van der Waals surface area contributed by atoms with Gasteiger partial charge in [-0.15, -0.1) is 0 Å². The van der Waals surface area contributed by atoms with Crippen molar-refractivity contribution in [2.75, 3.05) is 18.0 Å². The molecule has 8 heteroatoms. The van der Waals surface area contributed by atoms with Gasteiger partial charge in [-0.1, -0.05) is 0 Å². The molecule has 1 N–H and O–H groups in total. The lowest BCUT2D eigenvalue weighted by atomic mass is 10.0. The second-order valence-corrected chi connectivity index (χ2v) is 8.13. The van der Waals surface area contributed by atoms with Crippen molar-refractivity contribution >= 4 is 38.7 Å². The highest BCUT2D eigenvalue weighted by molar-refractivity contribution is 9.10. The van der Waals surface area contributed by atoms with Gasteiger partial charge in [0.15, 0.2) is 5.65 Å². The molecule has 3 aromatic heterocycles. The van der Waals surface area contributed by atoms with E-state index in [9.17, 15) is 4.79 Å². The van der Waals surface area contributed by atoms with E-state index in [1.807, 2.05) is 13.0 Å². The molecule has 0 spiro atoms. The maximum Gasteiger partial charge on any atom is 0.254 e. The molecule has 1 aliphatic rings. The van der Waals surface area contributed by atoms with Crippen LogP contribution in [0.15, 0.2) is 29.0 Å². The number of aromatic nitrogens is 4. The second-order valence-electron chi connectivity index (χ2n) is 7.34. The maximum atomic E-state index is 12.4. The predicted molar refractivity (Wildman–Crippen MR) is 113 cm³/mol. The summed E-state index contributed by atoms with van der Waals surface area (Å²) < 4.78 is 2.67. The number of pyridine rings is 2. The molecule has 4 heterocycles. The maximum absolute atomic E-state index is 12.4. The van der Waals surface area contributed by atoms with E-state index in [2.05, 4.69) is 49.2 Å². The van der Waals surface area contributed by atoms with Gasteiger partial charge in [0.25, 0.3) is 5.91 Å². The average molecular weight is 443 g/mol. The lowest BCUT2D eigenvalue weighted by molar-refractivity contribution is 0.0933. The quantitative estimate of drug-likeness (QED) is 0.673. The molecule has 0 aromatic carbocycles. The molecule has 0 radical (unpaired) electrons. The molecule has 28 heavy (non-hydrogen) atoms. The summed E-state index contributed by atoms with van der Waals surface area (Å²) >= 11 is 3.60. The fourth-order valence-corrected chi connectivity index (χ4v) is 4.00. The molecule has 146 valence electrons. The highest BCUT2D eigenvalue weighted by atomic mass is 79.9. The fraction of sp³-hybridized carbons (Fsp3) is 0.400. The van der Waals surface area contributed by atoms with Gasteiger partial charge in [0, 0.05) is 42.2 Å². The Balaban J connectivity index is 1.52. The Bertz CT molecular complexity index is 1050. The number of aryl methyl sites for hydroxylation is 3. The monoisotopic (exact) mass is 442 g/mol. The van der Waals surface area contributed by atoms with E-state index in [4.69, 9.17) is 4.98 Å². The van der Waals surface area contributed by atoms with Crippen molar-refractivity contribution in [3.05, 3.63) is 45.8 Å². The molecule has 0 aliphatic carbocycles.